The van der Waals surface area contributed by atoms with Crippen molar-refractivity contribution in [1.82, 2.24) is 10.6 Å². The van der Waals surface area contributed by atoms with Gasteiger partial charge in [0.1, 0.15) is 11.4 Å². The fourth-order valence-corrected chi connectivity index (χ4v) is 3.00. The summed E-state index contributed by atoms with van der Waals surface area (Å²) in [6, 6.07) is 8.51. The molecule has 30 heavy (non-hydrogen) atoms. The van der Waals surface area contributed by atoms with Crippen LogP contribution < -0.4 is 16.4 Å². The highest BCUT2D eigenvalue weighted by Crippen LogP contribution is 2.25. The Kier molecular flexibility index (Phi) is 7.92. The number of hydrogen-bond donors (Lipinski definition) is 3. The predicted octanol–water partition coefficient (Wildman–Crippen LogP) is 5.10. The van der Waals surface area contributed by atoms with E-state index in [2.05, 4.69) is 10.6 Å². The van der Waals surface area contributed by atoms with Crippen LogP contribution in [0.5, 0.6) is 0 Å². The van der Waals surface area contributed by atoms with Crippen LogP contribution in [0.25, 0.3) is 0 Å². The Morgan fingerprint density at radius 3 is 2.53 bits per heavy atom. The van der Waals surface area contributed by atoms with Crippen LogP contribution in [0.3, 0.4) is 0 Å². The topological polar surface area (TPSA) is 93.5 Å². The lowest BCUT2D eigenvalue weighted by atomic mass is 10.0. The molecule has 2 rings (SSSR count). The van der Waals surface area contributed by atoms with Crippen LogP contribution in [0.15, 0.2) is 36.4 Å². The van der Waals surface area contributed by atoms with Gasteiger partial charge < -0.3 is 21.1 Å². The summed E-state index contributed by atoms with van der Waals surface area (Å²) >= 11 is 11.9. The number of hydrogen-bond acceptors (Lipinski definition) is 4. The number of amides is 2. The van der Waals surface area contributed by atoms with Gasteiger partial charge in [-0.15, -0.1) is 0 Å². The molecule has 2 aromatic carbocycles. The van der Waals surface area contributed by atoms with Crippen LogP contribution in [-0.2, 0) is 4.74 Å². The summed E-state index contributed by atoms with van der Waals surface area (Å²) in [5.74, 6) is -1.46. The summed E-state index contributed by atoms with van der Waals surface area (Å²) in [6.07, 6.45) is -0.258. The molecule has 162 valence electrons. The maximum Gasteiger partial charge on any atom is 0.407 e. The third kappa shape index (κ3) is 7.07. The molecule has 1 atom stereocenters. The highest BCUT2D eigenvalue weighted by atomic mass is 35.5. The fraction of sp³-hybridized carbons (Fsp3) is 0.333. The van der Waals surface area contributed by atoms with Crippen LogP contribution in [0.2, 0.25) is 10.0 Å². The minimum atomic E-state index is -0.788. The predicted molar refractivity (Wildman–Crippen MR) is 116 cm³/mol. The van der Waals surface area contributed by atoms with E-state index in [1.54, 1.807) is 45.0 Å². The third-order valence-electron chi connectivity index (χ3n) is 3.99. The lowest BCUT2D eigenvalue weighted by molar-refractivity contribution is 0.0526. The average molecular weight is 456 g/mol. The number of nitrogens with two attached hydrogens (primary N) is 1. The molecule has 0 saturated carbocycles. The van der Waals surface area contributed by atoms with Gasteiger partial charge in [-0.3, -0.25) is 4.79 Å². The lowest BCUT2D eigenvalue weighted by Crippen LogP contribution is -2.36. The molecule has 1 unspecified atom stereocenters. The molecule has 2 aromatic rings. The van der Waals surface area contributed by atoms with Crippen LogP contribution in [0.4, 0.5) is 14.9 Å². The van der Waals surface area contributed by atoms with E-state index in [0.29, 0.717) is 17.0 Å². The second-order valence-corrected chi connectivity index (χ2v) is 8.50. The third-order valence-corrected chi connectivity index (χ3v) is 4.55. The maximum atomic E-state index is 14.2. The van der Waals surface area contributed by atoms with E-state index in [0.717, 1.165) is 6.07 Å². The number of benzene rings is 2. The summed E-state index contributed by atoms with van der Waals surface area (Å²) in [7, 11) is 0. The van der Waals surface area contributed by atoms with Gasteiger partial charge >= 0.3 is 6.09 Å². The Hall–Kier alpha value is -2.51. The van der Waals surface area contributed by atoms with E-state index >= 15 is 0 Å². The van der Waals surface area contributed by atoms with Gasteiger partial charge in [-0.25, -0.2) is 9.18 Å². The molecule has 4 N–H and O–H groups in total. The minimum Gasteiger partial charge on any atom is -0.444 e. The van der Waals surface area contributed by atoms with Gasteiger partial charge in [0.05, 0.1) is 22.3 Å². The minimum absolute atomic E-state index is 0.0250. The zero-order valence-corrected chi connectivity index (χ0v) is 18.4. The summed E-state index contributed by atoms with van der Waals surface area (Å²) in [6.45, 7) is 5.48. The second kappa shape index (κ2) is 10.00. The van der Waals surface area contributed by atoms with E-state index in [1.807, 2.05) is 0 Å². The molecular weight excluding hydrogens is 432 g/mol. The molecule has 0 bridgehead atoms. The summed E-state index contributed by atoms with van der Waals surface area (Å²) in [5.41, 5.74) is 5.62. The standard InChI is InChI=1S/C21H24Cl2FN3O3/c1-21(2,3)30-20(29)26-8-7-18(12-5-4-6-13(22)9-12)27-19(28)14-10-17(25)15(23)11-16(14)24/h4-6,9-11,18H,7-8,25H2,1-3H3,(H,26,29)(H,27,28). The molecule has 2 amide bonds. The Balaban J connectivity index is 2.15. The molecule has 0 heterocycles. The molecule has 0 saturated heterocycles. The largest absolute Gasteiger partial charge is 0.444 e. The zero-order valence-electron chi connectivity index (χ0n) is 16.9. The SMILES string of the molecule is CC(C)(C)OC(=O)NCCC(NC(=O)c1cc(N)c(Cl)cc1F)c1cccc(Cl)c1. The smallest absolute Gasteiger partial charge is 0.407 e. The molecule has 0 fully saturated rings. The van der Waals surface area contributed by atoms with Gasteiger partial charge in [-0.1, -0.05) is 35.3 Å². The van der Waals surface area contributed by atoms with Crippen molar-refractivity contribution in [2.75, 3.05) is 12.3 Å². The summed E-state index contributed by atoms with van der Waals surface area (Å²) < 4.78 is 19.4. The van der Waals surface area contributed by atoms with E-state index < -0.39 is 29.5 Å². The van der Waals surface area contributed by atoms with Gasteiger partial charge in [-0.05, 0) is 57.0 Å². The summed E-state index contributed by atoms with van der Waals surface area (Å²) in [5, 5.41) is 5.90. The van der Waals surface area contributed by atoms with E-state index in [1.165, 1.54) is 6.07 Å². The molecule has 0 aromatic heterocycles. The van der Waals surface area contributed by atoms with Crippen molar-refractivity contribution in [1.29, 1.82) is 0 Å². The first kappa shape index (κ1) is 23.8. The first-order valence-corrected chi connectivity index (χ1v) is 9.99. The van der Waals surface area contributed by atoms with Crippen LogP contribution in [0.1, 0.15) is 49.2 Å². The Labute approximate surface area is 184 Å². The molecule has 0 spiro atoms. The van der Waals surface area contributed by atoms with Gasteiger partial charge in [0.25, 0.3) is 5.91 Å². The molecule has 6 nitrogen and oxygen atoms in total. The van der Waals surface area contributed by atoms with E-state index in [9.17, 15) is 14.0 Å². The van der Waals surface area contributed by atoms with Crippen LogP contribution >= 0.6 is 23.2 Å². The molecule has 0 radical (unpaired) electrons. The first-order chi connectivity index (χ1) is 14.0. The summed E-state index contributed by atoms with van der Waals surface area (Å²) in [4.78, 5) is 24.6. The number of carbonyl (C=O) groups excluding carboxylic acids is 2. The van der Waals surface area contributed by atoms with Crippen molar-refractivity contribution in [2.45, 2.75) is 38.8 Å². The van der Waals surface area contributed by atoms with Crippen LogP contribution in [-0.4, -0.2) is 24.1 Å². The average Bonchev–Trinajstić information content (AvgIpc) is 2.62. The molecule has 9 heteroatoms. The van der Waals surface area contributed by atoms with Crippen molar-refractivity contribution in [3.05, 3.63) is 63.4 Å². The van der Waals surface area contributed by atoms with E-state index in [-0.39, 0.29) is 22.8 Å². The molecular formula is C21H24Cl2FN3O3. The van der Waals surface area contributed by atoms with E-state index in [4.69, 9.17) is 33.7 Å². The van der Waals surface area contributed by atoms with Crippen LogP contribution in [0, 0.1) is 5.82 Å². The van der Waals surface area contributed by atoms with Crippen molar-refractivity contribution in [2.24, 2.45) is 0 Å². The highest BCUT2D eigenvalue weighted by Gasteiger charge is 2.21. The Bertz CT molecular complexity index is 932. The normalized spacial score (nSPS) is 12.2. The van der Waals surface area contributed by atoms with Gasteiger partial charge in [0.2, 0.25) is 0 Å². The number of ether oxygens (including phenoxy) is 1. The fourth-order valence-electron chi connectivity index (χ4n) is 2.65. The van der Waals surface area contributed by atoms with Crippen molar-refractivity contribution < 1.29 is 18.7 Å². The quantitative estimate of drug-likeness (QED) is 0.528. The first-order valence-electron chi connectivity index (χ1n) is 9.24. The molecule has 0 aliphatic rings. The second-order valence-electron chi connectivity index (χ2n) is 7.65. The Morgan fingerprint density at radius 2 is 1.90 bits per heavy atom. The monoisotopic (exact) mass is 455 g/mol. The van der Waals surface area contributed by atoms with Gasteiger partial charge in [0.15, 0.2) is 0 Å². The number of alkyl carbamates (subject to hydrolysis) is 1. The van der Waals surface area contributed by atoms with Crippen molar-refractivity contribution in [3.63, 3.8) is 0 Å². The number of rotatable bonds is 6. The number of anilines is 1. The molecule has 0 aliphatic carbocycles. The Morgan fingerprint density at radius 1 is 1.20 bits per heavy atom. The highest BCUT2D eigenvalue weighted by molar-refractivity contribution is 6.33. The zero-order chi connectivity index (χ0) is 22.5. The number of nitrogen functional groups attached to an aromatic ring is 1. The lowest BCUT2D eigenvalue weighted by Gasteiger charge is -2.22. The van der Waals surface area contributed by atoms with Gasteiger partial charge in [-0.2, -0.15) is 0 Å². The van der Waals surface area contributed by atoms with Crippen molar-refractivity contribution in [3.8, 4) is 0 Å². The molecule has 0 aliphatic heterocycles. The number of nitrogens with one attached hydrogen (secondary N) is 2. The number of carbonyl (C=O) groups is 2. The maximum absolute atomic E-state index is 14.2. The van der Waals surface area contributed by atoms with Gasteiger partial charge in [0, 0.05) is 11.6 Å². The van der Waals surface area contributed by atoms with Crippen molar-refractivity contribution >= 4 is 40.9 Å². The number of halogens is 3.